The van der Waals surface area contributed by atoms with Gasteiger partial charge in [0.25, 0.3) is 0 Å². The van der Waals surface area contributed by atoms with Gasteiger partial charge in [-0.3, -0.25) is 9.78 Å². The zero-order chi connectivity index (χ0) is 11.8. The number of hydrogen-bond acceptors (Lipinski definition) is 3. The zero-order valence-corrected chi connectivity index (χ0v) is 9.86. The van der Waals surface area contributed by atoms with Gasteiger partial charge in [0.2, 0.25) is 5.91 Å². The zero-order valence-electron chi connectivity index (χ0n) is 9.86. The van der Waals surface area contributed by atoms with Gasteiger partial charge in [0.15, 0.2) is 0 Å². The molecule has 4 nitrogen and oxygen atoms in total. The van der Waals surface area contributed by atoms with E-state index in [9.17, 15) is 4.79 Å². The molecule has 0 aromatic carbocycles. The Morgan fingerprint density at radius 2 is 2.06 bits per heavy atom. The molecule has 0 saturated carbocycles. The summed E-state index contributed by atoms with van der Waals surface area (Å²) in [6.07, 6.45) is 3.94. The lowest BCUT2D eigenvalue weighted by atomic mass is 10.2. The predicted molar refractivity (Wildman–Crippen MR) is 65.2 cm³/mol. The van der Waals surface area contributed by atoms with Crippen molar-refractivity contribution in [3.8, 4) is 0 Å². The van der Waals surface area contributed by atoms with Crippen molar-refractivity contribution in [3.63, 3.8) is 0 Å². The summed E-state index contributed by atoms with van der Waals surface area (Å²) in [6, 6.07) is 3.76. The molecular weight excluding hydrogens is 202 g/mol. The maximum absolute atomic E-state index is 11.4. The highest BCUT2D eigenvalue weighted by Gasteiger charge is 2.01. The van der Waals surface area contributed by atoms with E-state index in [4.69, 9.17) is 0 Å². The highest BCUT2D eigenvalue weighted by Crippen LogP contribution is 2.02. The van der Waals surface area contributed by atoms with Crippen LogP contribution in [0.2, 0.25) is 0 Å². The molecule has 0 bridgehead atoms. The number of anilines is 1. The monoisotopic (exact) mass is 221 g/mol. The fourth-order valence-corrected chi connectivity index (χ4v) is 1.20. The topological polar surface area (TPSA) is 54.0 Å². The largest absolute Gasteiger partial charge is 0.384 e. The van der Waals surface area contributed by atoms with Gasteiger partial charge in [-0.25, -0.2) is 0 Å². The van der Waals surface area contributed by atoms with Gasteiger partial charge in [0, 0.05) is 37.6 Å². The summed E-state index contributed by atoms with van der Waals surface area (Å²) in [4.78, 5) is 15.3. The molecule has 4 heteroatoms. The summed E-state index contributed by atoms with van der Waals surface area (Å²) in [5.41, 5.74) is 0.992. The molecule has 2 N–H and O–H groups in total. The fourth-order valence-electron chi connectivity index (χ4n) is 1.20. The molecule has 0 aliphatic heterocycles. The van der Waals surface area contributed by atoms with Crippen LogP contribution in [0.25, 0.3) is 0 Å². The van der Waals surface area contributed by atoms with Crippen LogP contribution in [0.3, 0.4) is 0 Å². The first-order valence-electron chi connectivity index (χ1n) is 5.59. The van der Waals surface area contributed by atoms with Gasteiger partial charge >= 0.3 is 0 Å². The number of amides is 1. The lowest BCUT2D eigenvalue weighted by molar-refractivity contribution is -0.120. The van der Waals surface area contributed by atoms with Gasteiger partial charge in [0.05, 0.1) is 0 Å². The standard InChI is InChI=1S/C12H19N3O/c1-10(2)9-15-12(16)5-8-14-11-3-6-13-7-4-11/h3-4,6-7,10H,5,8-9H2,1-2H3,(H,13,14)(H,15,16). The third-order valence-corrected chi connectivity index (χ3v) is 2.07. The summed E-state index contributed by atoms with van der Waals surface area (Å²) in [5.74, 6) is 0.590. The Kier molecular flexibility index (Phi) is 5.32. The van der Waals surface area contributed by atoms with Crippen molar-refractivity contribution in [2.24, 2.45) is 5.92 Å². The lowest BCUT2D eigenvalue weighted by Gasteiger charge is -2.08. The van der Waals surface area contributed by atoms with Gasteiger partial charge in [-0.2, -0.15) is 0 Å². The molecule has 0 aliphatic rings. The number of nitrogens with zero attached hydrogens (tertiary/aromatic N) is 1. The minimum Gasteiger partial charge on any atom is -0.384 e. The Morgan fingerprint density at radius 1 is 1.38 bits per heavy atom. The van der Waals surface area contributed by atoms with Crippen LogP contribution in [0.4, 0.5) is 5.69 Å². The Hall–Kier alpha value is -1.58. The van der Waals surface area contributed by atoms with Crippen LogP contribution in [0.15, 0.2) is 24.5 Å². The van der Waals surface area contributed by atoms with Crippen molar-refractivity contribution in [1.29, 1.82) is 0 Å². The Bertz CT molecular complexity index is 311. The maximum atomic E-state index is 11.4. The molecule has 16 heavy (non-hydrogen) atoms. The second kappa shape index (κ2) is 6.82. The van der Waals surface area contributed by atoms with E-state index in [-0.39, 0.29) is 5.91 Å². The molecule has 0 aliphatic carbocycles. The summed E-state index contributed by atoms with van der Waals surface area (Å²) >= 11 is 0. The quantitative estimate of drug-likeness (QED) is 0.768. The minimum absolute atomic E-state index is 0.0928. The summed E-state index contributed by atoms with van der Waals surface area (Å²) in [5, 5.41) is 6.04. The molecule has 1 aromatic rings. The van der Waals surface area contributed by atoms with Crippen molar-refractivity contribution in [2.75, 3.05) is 18.4 Å². The molecule has 1 rings (SSSR count). The van der Waals surface area contributed by atoms with Crippen molar-refractivity contribution in [2.45, 2.75) is 20.3 Å². The molecule has 0 fully saturated rings. The van der Waals surface area contributed by atoms with E-state index >= 15 is 0 Å². The van der Waals surface area contributed by atoms with E-state index in [2.05, 4.69) is 29.5 Å². The van der Waals surface area contributed by atoms with Gasteiger partial charge in [-0.05, 0) is 18.1 Å². The second-order valence-corrected chi connectivity index (χ2v) is 4.11. The number of hydrogen-bond donors (Lipinski definition) is 2. The number of aromatic nitrogens is 1. The van der Waals surface area contributed by atoms with Crippen molar-refractivity contribution in [3.05, 3.63) is 24.5 Å². The summed E-state index contributed by atoms with van der Waals surface area (Å²) < 4.78 is 0. The van der Waals surface area contributed by atoms with Crippen LogP contribution < -0.4 is 10.6 Å². The first kappa shape index (κ1) is 12.5. The first-order chi connectivity index (χ1) is 7.68. The van der Waals surface area contributed by atoms with E-state index in [0.29, 0.717) is 18.9 Å². The third-order valence-electron chi connectivity index (χ3n) is 2.07. The number of rotatable bonds is 6. The van der Waals surface area contributed by atoms with Crippen LogP contribution >= 0.6 is 0 Å². The SMILES string of the molecule is CC(C)CNC(=O)CCNc1ccncc1. The number of pyridine rings is 1. The fraction of sp³-hybridized carbons (Fsp3) is 0.500. The molecule has 0 radical (unpaired) electrons. The van der Waals surface area contributed by atoms with Crippen molar-refractivity contribution < 1.29 is 4.79 Å². The van der Waals surface area contributed by atoms with E-state index in [0.717, 1.165) is 12.2 Å². The molecule has 0 unspecified atom stereocenters. The third kappa shape index (κ3) is 5.34. The van der Waals surface area contributed by atoms with E-state index in [1.807, 2.05) is 12.1 Å². The Balaban J connectivity index is 2.13. The predicted octanol–water partition coefficient (Wildman–Crippen LogP) is 1.66. The lowest BCUT2D eigenvalue weighted by Crippen LogP contribution is -2.28. The molecular formula is C12H19N3O. The van der Waals surface area contributed by atoms with E-state index in [1.54, 1.807) is 12.4 Å². The highest BCUT2D eigenvalue weighted by atomic mass is 16.1. The van der Waals surface area contributed by atoms with Crippen molar-refractivity contribution in [1.82, 2.24) is 10.3 Å². The number of nitrogens with one attached hydrogen (secondary N) is 2. The summed E-state index contributed by atoms with van der Waals surface area (Å²) in [7, 11) is 0. The molecule has 88 valence electrons. The van der Waals surface area contributed by atoms with E-state index < -0.39 is 0 Å². The maximum Gasteiger partial charge on any atom is 0.221 e. The van der Waals surface area contributed by atoms with Gasteiger partial charge in [0.1, 0.15) is 0 Å². The smallest absolute Gasteiger partial charge is 0.221 e. The first-order valence-corrected chi connectivity index (χ1v) is 5.59. The molecule has 1 aromatic heterocycles. The Labute approximate surface area is 96.5 Å². The summed E-state index contributed by atoms with van der Waals surface area (Å²) in [6.45, 7) is 5.55. The van der Waals surface area contributed by atoms with Gasteiger partial charge in [-0.15, -0.1) is 0 Å². The molecule has 1 heterocycles. The normalized spacial score (nSPS) is 10.2. The van der Waals surface area contributed by atoms with Gasteiger partial charge in [-0.1, -0.05) is 13.8 Å². The number of carbonyl (C=O) groups excluding carboxylic acids is 1. The van der Waals surface area contributed by atoms with Crippen LogP contribution in [-0.4, -0.2) is 24.0 Å². The van der Waals surface area contributed by atoms with Crippen LogP contribution in [-0.2, 0) is 4.79 Å². The van der Waals surface area contributed by atoms with Crippen LogP contribution in [0.5, 0.6) is 0 Å². The van der Waals surface area contributed by atoms with Gasteiger partial charge < -0.3 is 10.6 Å². The van der Waals surface area contributed by atoms with Crippen molar-refractivity contribution >= 4 is 11.6 Å². The molecule has 0 atom stereocenters. The van der Waals surface area contributed by atoms with Crippen LogP contribution in [0, 0.1) is 5.92 Å². The minimum atomic E-state index is 0.0928. The average molecular weight is 221 g/mol. The second-order valence-electron chi connectivity index (χ2n) is 4.11. The average Bonchev–Trinajstić information content (AvgIpc) is 2.28. The van der Waals surface area contributed by atoms with E-state index in [1.165, 1.54) is 0 Å². The van der Waals surface area contributed by atoms with Crippen LogP contribution in [0.1, 0.15) is 20.3 Å². The number of carbonyl (C=O) groups is 1. The Morgan fingerprint density at radius 3 is 2.69 bits per heavy atom. The molecule has 0 spiro atoms. The molecule has 1 amide bonds. The molecule has 0 saturated heterocycles. The highest BCUT2D eigenvalue weighted by molar-refractivity contribution is 5.76.